The van der Waals surface area contributed by atoms with Crippen molar-refractivity contribution < 1.29 is 19.4 Å². The van der Waals surface area contributed by atoms with Gasteiger partial charge >= 0.3 is 11.7 Å². The van der Waals surface area contributed by atoms with Crippen molar-refractivity contribution in [2.45, 2.75) is 103 Å². The van der Waals surface area contributed by atoms with Crippen LogP contribution in [0.2, 0.25) is 0 Å². The molecule has 0 heterocycles. The molecule has 0 radical (unpaired) electrons. The zero-order valence-electron chi connectivity index (χ0n) is 16.8. The van der Waals surface area contributed by atoms with Crippen molar-refractivity contribution in [1.29, 1.82) is 0 Å². The largest absolute Gasteiger partial charge is 0.457 e. The van der Waals surface area contributed by atoms with E-state index < -0.39 is 12.1 Å². The summed E-state index contributed by atoms with van der Waals surface area (Å²) in [5, 5.41) is 9.90. The van der Waals surface area contributed by atoms with Crippen molar-refractivity contribution in [3.8, 4) is 0 Å². The summed E-state index contributed by atoms with van der Waals surface area (Å²) in [5.41, 5.74) is 8.53. The Morgan fingerprint density at radius 2 is 1.50 bits per heavy atom. The number of nitrogens with zero attached hydrogens (tertiary/aromatic N) is 2. The molecule has 0 saturated carbocycles. The highest BCUT2D eigenvalue weighted by atomic mass is 16.5. The van der Waals surface area contributed by atoms with Crippen LogP contribution in [-0.2, 0) is 9.53 Å². The predicted molar refractivity (Wildman–Crippen MR) is 106 cm³/mol. The standard InChI is InChI=1S/C21H38N2O3/c1-3-5-6-7-8-9-10-11-12-13-14-15-16-17-18-19(24)20(23-22)21(25)26-4-2/h10-11,19,24H,3-9,12-18H2,1-2H3/b11-10+. The van der Waals surface area contributed by atoms with Crippen LogP contribution in [0.4, 0.5) is 0 Å². The summed E-state index contributed by atoms with van der Waals surface area (Å²) in [6, 6.07) is 0. The van der Waals surface area contributed by atoms with Gasteiger partial charge in [0.15, 0.2) is 6.10 Å². The van der Waals surface area contributed by atoms with Crippen LogP contribution in [0.15, 0.2) is 12.2 Å². The van der Waals surface area contributed by atoms with Gasteiger partial charge in [-0.25, -0.2) is 4.79 Å². The van der Waals surface area contributed by atoms with Crippen molar-refractivity contribution in [1.82, 2.24) is 0 Å². The first-order chi connectivity index (χ1) is 12.7. The maximum Gasteiger partial charge on any atom is 0.419 e. The quantitative estimate of drug-likeness (QED) is 0.0955. The van der Waals surface area contributed by atoms with Gasteiger partial charge in [0, 0.05) is 0 Å². The highest BCUT2D eigenvalue weighted by Gasteiger charge is 2.30. The van der Waals surface area contributed by atoms with Gasteiger partial charge in [-0.05, 0) is 39.0 Å². The molecule has 26 heavy (non-hydrogen) atoms. The van der Waals surface area contributed by atoms with E-state index >= 15 is 0 Å². The average molecular weight is 367 g/mol. The highest BCUT2D eigenvalue weighted by molar-refractivity contribution is 6.35. The van der Waals surface area contributed by atoms with Gasteiger partial charge in [0.2, 0.25) is 0 Å². The lowest BCUT2D eigenvalue weighted by atomic mass is 10.0. The molecule has 0 amide bonds. The molecule has 0 aromatic carbocycles. The summed E-state index contributed by atoms with van der Waals surface area (Å²) >= 11 is 0. The molecule has 1 N–H and O–H groups in total. The minimum Gasteiger partial charge on any atom is -0.457 e. The van der Waals surface area contributed by atoms with Crippen LogP contribution < -0.4 is 0 Å². The van der Waals surface area contributed by atoms with E-state index in [2.05, 4.69) is 23.9 Å². The molecule has 1 unspecified atom stereocenters. The minimum atomic E-state index is -1.06. The van der Waals surface area contributed by atoms with Crippen molar-refractivity contribution in [3.05, 3.63) is 17.7 Å². The third-order valence-corrected chi connectivity index (χ3v) is 4.40. The second-order valence-electron chi connectivity index (χ2n) is 6.74. The van der Waals surface area contributed by atoms with E-state index in [4.69, 9.17) is 10.3 Å². The summed E-state index contributed by atoms with van der Waals surface area (Å²) in [7, 11) is 0. The molecular weight excluding hydrogens is 328 g/mol. The zero-order chi connectivity index (χ0) is 19.5. The number of allylic oxidation sites excluding steroid dienone is 2. The molecule has 5 heteroatoms. The molecule has 1 atom stereocenters. The number of hydrogen-bond acceptors (Lipinski definition) is 3. The van der Waals surface area contributed by atoms with E-state index in [1.165, 1.54) is 51.4 Å². The summed E-state index contributed by atoms with van der Waals surface area (Å²) in [4.78, 5) is 14.4. The first kappa shape index (κ1) is 24.6. The van der Waals surface area contributed by atoms with Crippen LogP contribution in [0.3, 0.4) is 0 Å². The number of ether oxygens (including phenoxy) is 1. The third kappa shape index (κ3) is 13.8. The monoisotopic (exact) mass is 366 g/mol. The Morgan fingerprint density at radius 1 is 0.962 bits per heavy atom. The molecule has 0 saturated heterocycles. The fraction of sp³-hybridized carbons (Fsp3) is 0.810. The molecular formula is C21H38N2O3. The first-order valence-electron chi connectivity index (χ1n) is 10.4. The van der Waals surface area contributed by atoms with Gasteiger partial charge in [-0.15, -0.1) is 0 Å². The van der Waals surface area contributed by atoms with Crippen LogP contribution in [0.25, 0.3) is 5.53 Å². The summed E-state index contributed by atoms with van der Waals surface area (Å²) in [6.07, 6.45) is 18.3. The summed E-state index contributed by atoms with van der Waals surface area (Å²) < 4.78 is 4.74. The second-order valence-corrected chi connectivity index (χ2v) is 6.74. The van der Waals surface area contributed by atoms with Gasteiger partial charge < -0.3 is 15.4 Å². The van der Waals surface area contributed by atoms with Gasteiger partial charge in [0.05, 0.1) is 6.61 Å². The topological polar surface area (TPSA) is 82.9 Å². The van der Waals surface area contributed by atoms with Crippen LogP contribution in [0.5, 0.6) is 0 Å². The summed E-state index contributed by atoms with van der Waals surface area (Å²) in [5.74, 6) is -0.750. The van der Waals surface area contributed by atoms with E-state index in [0.717, 1.165) is 25.7 Å². The predicted octanol–water partition coefficient (Wildman–Crippen LogP) is 5.23. The van der Waals surface area contributed by atoms with Gasteiger partial charge in [-0.1, -0.05) is 70.4 Å². The van der Waals surface area contributed by atoms with Crippen molar-refractivity contribution in [2.75, 3.05) is 6.61 Å². The molecule has 0 fully saturated rings. The minimum absolute atomic E-state index is 0.192. The smallest absolute Gasteiger partial charge is 0.419 e. The average Bonchev–Trinajstić information content (AvgIpc) is 2.63. The number of carbonyl (C=O) groups is 1. The second kappa shape index (κ2) is 18.3. The van der Waals surface area contributed by atoms with E-state index in [9.17, 15) is 9.90 Å². The van der Waals surface area contributed by atoms with Gasteiger partial charge in [0.25, 0.3) is 0 Å². The maximum atomic E-state index is 11.5. The van der Waals surface area contributed by atoms with Gasteiger partial charge in [-0.2, -0.15) is 4.79 Å². The first-order valence-corrected chi connectivity index (χ1v) is 10.4. The van der Waals surface area contributed by atoms with E-state index in [1.54, 1.807) is 6.92 Å². The van der Waals surface area contributed by atoms with E-state index in [1.807, 2.05) is 0 Å². The molecule has 0 bridgehead atoms. The maximum absolute atomic E-state index is 11.5. The van der Waals surface area contributed by atoms with E-state index in [0.29, 0.717) is 6.42 Å². The molecule has 5 nitrogen and oxygen atoms in total. The fourth-order valence-electron chi connectivity index (χ4n) is 2.82. The zero-order valence-corrected chi connectivity index (χ0v) is 16.8. The van der Waals surface area contributed by atoms with Crippen molar-refractivity contribution in [2.24, 2.45) is 0 Å². The Labute approximate surface area is 159 Å². The van der Waals surface area contributed by atoms with Crippen molar-refractivity contribution in [3.63, 3.8) is 0 Å². The molecule has 0 aromatic rings. The Morgan fingerprint density at radius 3 is 2.04 bits per heavy atom. The lowest BCUT2D eigenvalue weighted by Crippen LogP contribution is -2.31. The molecule has 0 aliphatic rings. The number of esters is 1. The number of aliphatic hydroxyl groups excluding tert-OH is 1. The van der Waals surface area contributed by atoms with Crippen LogP contribution >= 0.6 is 0 Å². The third-order valence-electron chi connectivity index (χ3n) is 4.40. The van der Waals surface area contributed by atoms with Crippen molar-refractivity contribution >= 4 is 11.7 Å². The Balaban J connectivity index is 3.55. The molecule has 0 spiro atoms. The SMILES string of the molecule is CCCCCCC/C=C/CCCCCCCC(O)C(=[N+]=[N-])C(=O)OCC. The molecule has 0 aliphatic carbocycles. The van der Waals surface area contributed by atoms with Gasteiger partial charge in [-0.3, -0.25) is 0 Å². The normalized spacial score (nSPS) is 12.1. The highest BCUT2D eigenvalue weighted by Crippen LogP contribution is 2.11. The number of hydrogen-bond donors (Lipinski definition) is 1. The van der Waals surface area contributed by atoms with Crippen LogP contribution in [0, 0.1) is 0 Å². The number of aliphatic hydroxyl groups is 1. The van der Waals surface area contributed by atoms with Crippen LogP contribution in [-0.4, -0.2) is 34.3 Å². The summed E-state index contributed by atoms with van der Waals surface area (Å²) in [6.45, 7) is 4.10. The fourth-order valence-corrected chi connectivity index (χ4v) is 2.82. The molecule has 0 aromatic heterocycles. The van der Waals surface area contributed by atoms with Gasteiger partial charge in [0.1, 0.15) is 0 Å². The Bertz CT molecular complexity index is 429. The number of unbranched alkanes of at least 4 members (excludes halogenated alkanes) is 10. The molecule has 150 valence electrons. The Hall–Kier alpha value is -1.45. The Kier molecular flexibility index (Phi) is 17.3. The molecule has 0 aliphatic heterocycles. The lowest BCUT2D eigenvalue weighted by molar-refractivity contribution is -0.141. The van der Waals surface area contributed by atoms with Crippen LogP contribution in [0.1, 0.15) is 97.3 Å². The molecule has 0 rings (SSSR count). The number of carbonyl (C=O) groups excluding carboxylic acids is 1. The number of rotatable bonds is 17. The van der Waals surface area contributed by atoms with E-state index in [-0.39, 0.29) is 12.3 Å². The lowest BCUT2D eigenvalue weighted by Gasteiger charge is -2.05.